The zero-order valence-electron chi connectivity index (χ0n) is 14.8. The van der Waals surface area contributed by atoms with Crippen LogP contribution >= 0.6 is 0 Å². The maximum atomic E-state index is 4.78. The SMILES string of the molecule is CCCC(C)(C)c1ccc(C(C)(C)CC(C)(C)C)nc1. The summed E-state index contributed by atoms with van der Waals surface area (Å²) in [6, 6.07) is 4.51. The first-order valence-corrected chi connectivity index (χ1v) is 7.95. The van der Waals surface area contributed by atoms with Gasteiger partial charge in [0, 0.05) is 17.3 Å². The van der Waals surface area contributed by atoms with Crippen molar-refractivity contribution in [3.63, 3.8) is 0 Å². The van der Waals surface area contributed by atoms with Crippen LogP contribution in [0.2, 0.25) is 0 Å². The second-order valence-electron chi connectivity index (χ2n) is 8.69. The van der Waals surface area contributed by atoms with E-state index in [9.17, 15) is 0 Å². The third kappa shape index (κ3) is 4.61. The standard InChI is InChI=1S/C19H33N/c1-9-12-18(5,6)15-10-11-16(20-13-15)19(7,8)14-17(2,3)4/h10-11,13H,9,12,14H2,1-8H3. The number of aromatic nitrogens is 1. The maximum Gasteiger partial charge on any atom is 0.0460 e. The summed E-state index contributed by atoms with van der Waals surface area (Å²) in [7, 11) is 0. The van der Waals surface area contributed by atoms with Crippen LogP contribution in [0.15, 0.2) is 18.3 Å². The largest absolute Gasteiger partial charge is 0.260 e. The van der Waals surface area contributed by atoms with Crippen molar-refractivity contribution in [2.45, 2.75) is 85.5 Å². The summed E-state index contributed by atoms with van der Waals surface area (Å²) in [5.74, 6) is 0. The maximum absolute atomic E-state index is 4.78. The molecule has 1 nitrogen and oxygen atoms in total. The Morgan fingerprint density at radius 1 is 0.900 bits per heavy atom. The van der Waals surface area contributed by atoms with Gasteiger partial charge in [-0.1, -0.05) is 67.9 Å². The normalized spacial score (nSPS) is 13.6. The first kappa shape index (κ1) is 17.2. The molecule has 0 amide bonds. The summed E-state index contributed by atoms with van der Waals surface area (Å²) < 4.78 is 0. The molecule has 0 aromatic carbocycles. The van der Waals surface area contributed by atoms with Crippen LogP contribution in [0.5, 0.6) is 0 Å². The minimum atomic E-state index is 0.131. The Hall–Kier alpha value is -0.850. The van der Waals surface area contributed by atoms with Gasteiger partial charge in [0.2, 0.25) is 0 Å². The highest BCUT2D eigenvalue weighted by Gasteiger charge is 2.29. The molecule has 0 aliphatic heterocycles. The lowest BCUT2D eigenvalue weighted by atomic mass is 9.74. The van der Waals surface area contributed by atoms with Crippen molar-refractivity contribution >= 4 is 0 Å². The van der Waals surface area contributed by atoms with Crippen molar-refractivity contribution in [1.82, 2.24) is 4.98 Å². The van der Waals surface area contributed by atoms with Crippen LogP contribution in [0.4, 0.5) is 0 Å². The average Bonchev–Trinajstić information content (AvgIpc) is 2.26. The number of pyridine rings is 1. The Balaban J connectivity index is 2.96. The van der Waals surface area contributed by atoms with Gasteiger partial charge in [0.25, 0.3) is 0 Å². The van der Waals surface area contributed by atoms with Crippen LogP contribution in [-0.2, 0) is 10.8 Å². The minimum absolute atomic E-state index is 0.131. The number of hydrogen-bond donors (Lipinski definition) is 0. The van der Waals surface area contributed by atoms with Crippen LogP contribution in [0, 0.1) is 5.41 Å². The summed E-state index contributed by atoms with van der Waals surface area (Å²) in [5.41, 5.74) is 3.25. The molecule has 20 heavy (non-hydrogen) atoms. The van der Waals surface area contributed by atoms with Gasteiger partial charge >= 0.3 is 0 Å². The van der Waals surface area contributed by atoms with Gasteiger partial charge in [-0.25, -0.2) is 0 Å². The van der Waals surface area contributed by atoms with E-state index in [-0.39, 0.29) is 10.8 Å². The lowest BCUT2D eigenvalue weighted by Crippen LogP contribution is -2.26. The lowest BCUT2D eigenvalue weighted by Gasteiger charge is -2.32. The third-order valence-electron chi connectivity index (χ3n) is 4.09. The first-order valence-electron chi connectivity index (χ1n) is 7.95. The van der Waals surface area contributed by atoms with Gasteiger partial charge in [0.15, 0.2) is 0 Å². The molecule has 0 saturated carbocycles. The average molecular weight is 275 g/mol. The van der Waals surface area contributed by atoms with E-state index in [1.54, 1.807) is 0 Å². The molecular formula is C19H33N. The highest BCUT2D eigenvalue weighted by molar-refractivity contribution is 5.25. The van der Waals surface area contributed by atoms with Crippen LogP contribution in [-0.4, -0.2) is 4.98 Å². The second kappa shape index (κ2) is 5.87. The van der Waals surface area contributed by atoms with Gasteiger partial charge in [0.1, 0.15) is 0 Å². The molecule has 0 aliphatic carbocycles. The smallest absolute Gasteiger partial charge is 0.0460 e. The molecular weight excluding hydrogens is 242 g/mol. The monoisotopic (exact) mass is 275 g/mol. The van der Waals surface area contributed by atoms with Crippen molar-refractivity contribution in [2.75, 3.05) is 0 Å². The molecule has 0 bridgehead atoms. The fourth-order valence-corrected chi connectivity index (χ4v) is 3.38. The van der Waals surface area contributed by atoms with E-state index in [2.05, 4.69) is 73.7 Å². The second-order valence-corrected chi connectivity index (χ2v) is 8.69. The third-order valence-corrected chi connectivity index (χ3v) is 4.09. The van der Waals surface area contributed by atoms with E-state index in [0.717, 1.165) is 6.42 Å². The Kier molecular flexibility index (Phi) is 5.05. The molecule has 0 atom stereocenters. The van der Waals surface area contributed by atoms with Gasteiger partial charge in [-0.05, 0) is 35.3 Å². The van der Waals surface area contributed by atoms with Gasteiger partial charge in [-0.2, -0.15) is 0 Å². The Morgan fingerprint density at radius 2 is 1.50 bits per heavy atom. The predicted octanol–water partition coefficient (Wildman–Crippen LogP) is 5.87. The summed E-state index contributed by atoms with van der Waals surface area (Å²) in [6.45, 7) is 18.4. The first-order chi connectivity index (χ1) is 8.98. The number of nitrogens with zero attached hydrogens (tertiary/aromatic N) is 1. The van der Waals surface area contributed by atoms with E-state index < -0.39 is 0 Å². The zero-order chi connectivity index (χ0) is 15.6. The molecule has 1 aromatic heterocycles. The van der Waals surface area contributed by atoms with Crippen molar-refractivity contribution in [1.29, 1.82) is 0 Å². The van der Waals surface area contributed by atoms with Crippen molar-refractivity contribution < 1.29 is 0 Å². The molecule has 1 aromatic rings. The molecule has 0 N–H and O–H groups in total. The van der Waals surface area contributed by atoms with Crippen LogP contribution in [0.1, 0.15) is 85.9 Å². The van der Waals surface area contributed by atoms with E-state index in [4.69, 9.17) is 4.98 Å². The van der Waals surface area contributed by atoms with Crippen LogP contribution in [0.25, 0.3) is 0 Å². The van der Waals surface area contributed by atoms with Gasteiger partial charge in [0.05, 0.1) is 0 Å². The molecule has 0 radical (unpaired) electrons. The van der Waals surface area contributed by atoms with E-state index in [1.807, 2.05) is 0 Å². The van der Waals surface area contributed by atoms with Crippen LogP contribution < -0.4 is 0 Å². The fourth-order valence-electron chi connectivity index (χ4n) is 3.38. The fraction of sp³-hybridized carbons (Fsp3) is 0.737. The summed E-state index contributed by atoms with van der Waals surface area (Å²) in [6.07, 6.45) is 5.66. The summed E-state index contributed by atoms with van der Waals surface area (Å²) in [5, 5.41) is 0. The van der Waals surface area contributed by atoms with Gasteiger partial charge in [-0.3, -0.25) is 4.98 Å². The predicted molar refractivity (Wildman–Crippen MR) is 89.3 cm³/mol. The zero-order valence-corrected chi connectivity index (χ0v) is 14.8. The summed E-state index contributed by atoms with van der Waals surface area (Å²) >= 11 is 0. The highest BCUT2D eigenvalue weighted by Crippen LogP contribution is 2.36. The Bertz CT molecular complexity index is 418. The van der Waals surface area contributed by atoms with E-state index in [0.29, 0.717) is 5.41 Å². The van der Waals surface area contributed by atoms with Gasteiger partial charge < -0.3 is 0 Å². The molecule has 0 fully saturated rings. The molecule has 114 valence electrons. The topological polar surface area (TPSA) is 12.9 Å². The Labute approximate surface area is 126 Å². The quantitative estimate of drug-likeness (QED) is 0.654. The number of hydrogen-bond acceptors (Lipinski definition) is 1. The Morgan fingerprint density at radius 3 is 1.90 bits per heavy atom. The molecule has 0 unspecified atom stereocenters. The van der Waals surface area contributed by atoms with E-state index >= 15 is 0 Å². The number of rotatable bonds is 5. The van der Waals surface area contributed by atoms with Crippen molar-refractivity contribution in [3.8, 4) is 0 Å². The highest BCUT2D eigenvalue weighted by atomic mass is 14.7. The molecule has 1 heteroatoms. The van der Waals surface area contributed by atoms with Crippen LogP contribution in [0.3, 0.4) is 0 Å². The lowest BCUT2D eigenvalue weighted by molar-refractivity contribution is 0.279. The van der Waals surface area contributed by atoms with Crippen molar-refractivity contribution in [2.24, 2.45) is 5.41 Å². The van der Waals surface area contributed by atoms with Crippen molar-refractivity contribution in [3.05, 3.63) is 29.6 Å². The molecule has 1 rings (SSSR count). The molecule has 0 spiro atoms. The molecule has 1 heterocycles. The molecule has 0 aliphatic rings. The minimum Gasteiger partial charge on any atom is -0.260 e. The molecule has 0 saturated heterocycles. The summed E-state index contributed by atoms with van der Waals surface area (Å²) in [4.78, 5) is 4.78. The van der Waals surface area contributed by atoms with E-state index in [1.165, 1.54) is 24.1 Å². The van der Waals surface area contributed by atoms with Gasteiger partial charge in [-0.15, -0.1) is 0 Å².